The fraction of sp³-hybridized carbons (Fsp3) is 0.364. The molecule has 1 unspecified atom stereocenters. The van der Waals surface area contributed by atoms with Gasteiger partial charge in [-0.25, -0.2) is 0 Å². The molecule has 0 saturated carbocycles. The van der Waals surface area contributed by atoms with Crippen molar-refractivity contribution in [1.82, 2.24) is 0 Å². The van der Waals surface area contributed by atoms with E-state index >= 15 is 0 Å². The summed E-state index contributed by atoms with van der Waals surface area (Å²) >= 11 is 0. The van der Waals surface area contributed by atoms with E-state index in [1.54, 1.807) is 23.1 Å². The second-order valence-electron chi connectivity index (χ2n) is 7.17. The molecule has 152 valence electrons. The van der Waals surface area contributed by atoms with Crippen LogP contribution in [0.4, 0.5) is 11.4 Å². The number of carbonyl (C=O) groups is 2. The van der Waals surface area contributed by atoms with Gasteiger partial charge in [-0.2, -0.15) is 0 Å². The summed E-state index contributed by atoms with van der Waals surface area (Å²) in [6, 6.07) is 13.1. The van der Waals surface area contributed by atoms with Gasteiger partial charge in [-0.15, -0.1) is 0 Å². The number of rotatable bonds is 6. The van der Waals surface area contributed by atoms with Gasteiger partial charge < -0.3 is 24.4 Å². The van der Waals surface area contributed by atoms with Crippen LogP contribution in [0.2, 0.25) is 0 Å². The van der Waals surface area contributed by atoms with E-state index in [4.69, 9.17) is 14.2 Å². The molecule has 0 aliphatic carbocycles. The monoisotopic (exact) mass is 396 g/mol. The number of anilines is 2. The lowest BCUT2D eigenvalue weighted by atomic mass is 10.2. The normalized spacial score (nSPS) is 18.2. The summed E-state index contributed by atoms with van der Waals surface area (Å²) < 4.78 is 16.7. The summed E-state index contributed by atoms with van der Waals surface area (Å²) in [4.78, 5) is 26.4. The van der Waals surface area contributed by atoms with Crippen molar-refractivity contribution in [3.63, 3.8) is 0 Å². The van der Waals surface area contributed by atoms with Crippen molar-refractivity contribution in [2.24, 2.45) is 0 Å². The molecule has 0 aromatic heterocycles. The van der Waals surface area contributed by atoms with Gasteiger partial charge in [-0.3, -0.25) is 9.59 Å². The SMILES string of the molecule is Cc1ccc(OCCN2C(=O)COc3ccc(NC(=O)C4CCCO4)cc32)cc1. The van der Waals surface area contributed by atoms with Gasteiger partial charge in [-0.05, 0) is 50.1 Å². The van der Waals surface area contributed by atoms with Crippen molar-refractivity contribution in [2.75, 3.05) is 36.6 Å². The molecule has 0 radical (unpaired) electrons. The molecular formula is C22H24N2O5. The molecule has 2 aromatic carbocycles. The maximum Gasteiger partial charge on any atom is 0.265 e. The van der Waals surface area contributed by atoms with Crippen molar-refractivity contribution in [3.05, 3.63) is 48.0 Å². The molecule has 1 atom stereocenters. The Morgan fingerprint density at radius 2 is 2.07 bits per heavy atom. The minimum absolute atomic E-state index is 0.0147. The maximum atomic E-state index is 12.4. The highest BCUT2D eigenvalue weighted by Gasteiger charge is 2.27. The van der Waals surface area contributed by atoms with Crippen LogP contribution in [0, 0.1) is 6.92 Å². The zero-order chi connectivity index (χ0) is 20.2. The zero-order valence-corrected chi connectivity index (χ0v) is 16.3. The molecule has 2 aliphatic rings. The Balaban J connectivity index is 1.44. The number of aryl methyl sites for hydroxylation is 1. The average Bonchev–Trinajstić information content (AvgIpc) is 3.26. The summed E-state index contributed by atoms with van der Waals surface area (Å²) in [5.74, 6) is 1.05. The molecule has 4 rings (SSSR count). The Kier molecular flexibility index (Phi) is 5.67. The smallest absolute Gasteiger partial charge is 0.265 e. The van der Waals surface area contributed by atoms with E-state index in [-0.39, 0.29) is 18.4 Å². The first kappa shape index (κ1) is 19.3. The van der Waals surface area contributed by atoms with Crippen molar-refractivity contribution in [1.29, 1.82) is 0 Å². The van der Waals surface area contributed by atoms with E-state index in [0.717, 1.165) is 24.2 Å². The molecule has 2 amide bonds. The molecular weight excluding hydrogens is 372 g/mol. The third kappa shape index (κ3) is 4.51. The van der Waals surface area contributed by atoms with Gasteiger partial charge in [0.15, 0.2) is 6.61 Å². The van der Waals surface area contributed by atoms with Crippen molar-refractivity contribution in [2.45, 2.75) is 25.9 Å². The van der Waals surface area contributed by atoms with Gasteiger partial charge in [0.05, 0.1) is 12.2 Å². The van der Waals surface area contributed by atoms with Crippen molar-refractivity contribution in [3.8, 4) is 11.5 Å². The molecule has 1 fully saturated rings. The number of ether oxygens (including phenoxy) is 3. The van der Waals surface area contributed by atoms with E-state index < -0.39 is 6.10 Å². The van der Waals surface area contributed by atoms with Crippen LogP contribution in [0.5, 0.6) is 11.5 Å². The minimum Gasteiger partial charge on any atom is -0.492 e. The van der Waals surface area contributed by atoms with Gasteiger partial charge in [0.2, 0.25) is 0 Å². The first-order valence-corrected chi connectivity index (χ1v) is 9.79. The summed E-state index contributed by atoms with van der Waals surface area (Å²) in [7, 11) is 0. The van der Waals surface area contributed by atoms with E-state index in [2.05, 4.69) is 5.32 Å². The second kappa shape index (κ2) is 8.53. The topological polar surface area (TPSA) is 77.1 Å². The van der Waals surface area contributed by atoms with Crippen LogP contribution < -0.4 is 19.7 Å². The lowest BCUT2D eigenvalue weighted by Gasteiger charge is -2.29. The number of fused-ring (bicyclic) bond motifs is 1. The van der Waals surface area contributed by atoms with Gasteiger partial charge in [0, 0.05) is 12.3 Å². The molecule has 7 heteroatoms. The van der Waals surface area contributed by atoms with Crippen LogP contribution in [0.3, 0.4) is 0 Å². The number of amides is 2. The third-order valence-electron chi connectivity index (χ3n) is 5.00. The summed E-state index contributed by atoms with van der Waals surface area (Å²) in [5.41, 5.74) is 2.39. The van der Waals surface area contributed by atoms with Crippen LogP contribution in [0.15, 0.2) is 42.5 Å². The number of carbonyl (C=O) groups excluding carboxylic acids is 2. The third-order valence-corrected chi connectivity index (χ3v) is 5.00. The Morgan fingerprint density at radius 1 is 1.24 bits per heavy atom. The maximum absolute atomic E-state index is 12.4. The van der Waals surface area contributed by atoms with E-state index in [0.29, 0.717) is 36.9 Å². The van der Waals surface area contributed by atoms with Crippen LogP contribution in [0.25, 0.3) is 0 Å². The molecule has 29 heavy (non-hydrogen) atoms. The van der Waals surface area contributed by atoms with Gasteiger partial charge in [0.1, 0.15) is 24.2 Å². The number of nitrogens with one attached hydrogen (secondary N) is 1. The molecule has 2 aromatic rings. The largest absolute Gasteiger partial charge is 0.492 e. The van der Waals surface area contributed by atoms with E-state index in [9.17, 15) is 9.59 Å². The Hall–Kier alpha value is -3.06. The molecule has 0 spiro atoms. The standard InChI is InChI=1S/C22H24N2O5/c1-15-4-7-17(8-5-15)27-12-10-24-18-13-16(6-9-19(18)29-14-21(24)25)23-22(26)20-3-2-11-28-20/h4-9,13,20H,2-3,10-12,14H2,1H3,(H,23,26). The van der Waals surface area contributed by atoms with Crippen molar-refractivity contribution < 1.29 is 23.8 Å². The Labute approximate surface area is 169 Å². The highest BCUT2D eigenvalue weighted by Crippen LogP contribution is 2.34. The highest BCUT2D eigenvalue weighted by atomic mass is 16.5. The van der Waals surface area contributed by atoms with Crippen LogP contribution in [0.1, 0.15) is 18.4 Å². The summed E-state index contributed by atoms with van der Waals surface area (Å²) in [6.45, 7) is 3.34. The average molecular weight is 396 g/mol. The highest BCUT2D eigenvalue weighted by molar-refractivity contribution is 6.00. The lowest BCUT2D eigenvalue weighted by molar-refractivity contribution is -0.124. The summed E-state index contributed by atoms with van der Waals surface area (Å²) in [5, 5.41) is 2.87. The molecule has 1 saturated heterocycles. The Bertz CT molecular complexity index is 891. The van der Waals surface area contributed by atoms with Gasteiger partial charge >= 0.3 is 0 Å². The fourth-order valence-electron chi connectivity index (χ4n) is 3.42. The first-order valence-electron chi connectivity index (χ1n) is 9.79. The van der Waals surface area contributed by atoms with Crippen molar-refractivity contribution >= 4 is 23.2 Å². The fourth-order valence-corrected chi connectivity index (χ4v) is 3.42. The molecule has 2 aliphatic heterocycles. The van der Waals surface area contributed by atoms with Gasteiger partial charge in [0.25, 0.3) is 11.8 Å². The predicted molar refractivity (Wildman–Crippen MR) is 109 cm³/mol. The van der Waals surface area contributed by atoms with E-state index in [1.165, 1.54) is 0 Å². The quantitative estimate of drug-likeness (QED) is 0.812. The lowest BCUT2D eigenvalue weighted by Crippen LogP contribution is -2.41. The van der Waals surface area contributed by atoms with Crippen LogP contribution >= 0.6 is 0 Å². The number of hydrogen-bond acceptors (Lipinski definition) is 5. The minimum atomic E-state index is -0.414. The summed E-state index contributed by atoms with van der Waals surface area (Å²) in [6.07, 6.45) is 1.20. The second-order valence-corrected chi connectivity index (χ2v) is 7.17. The number of benzene rings is 2. The zero-order valence-electron chi connectivity index (χ0n) is 16.3. The molecule has 1 N–H and O–H groups in total. The molecule has 0 bridgehead atoms. The van der Waals surface area contributed by atoms with Crippen LogP contribution in [-0.2, 0) is 14.3 Å². The first-order chi connectivity index (χ1) is 14.1. The van der Waals surface area contributed by atoms with Gasteiger partial charge in [-0.1, -0.05) is 17.7 Å². The molecule has 7 nitrogen and oxygen atoms in total. The molecule has 2 heterocycles. The van der Waals surface area contributed by atoms with E-state index in [1.807, 2.05) is 31.2 Å². The number of hydrogen-bond donors (Lipinski definition) is 1. The predicted octanol–water partition coefficient (Wildman–Crippen LogP) is 2.92. The number of nitrogens with zero attached hydrogens (tertiary/aromatic N) is 1. The Morgan fingerprint density at radius 3 is 2.83 bits per heavy atom. The van der Waals surface area contributed by atoms with Crippen LogP contribution in [-0.4, -0.2) is 44.3 Å².